The van der Waals surface area contributed by atoms with Crippen LogP contribution in [0.3, 0.4) is 0 Å². The van der Waals surface area contributed by atoms with Gasteiger partial charge in [-0.2, -0.15) is 0 Å². The van der Waals surface area contributed by atoms with Crippen LogP contribution in [0.15, 0.2) is 12.2 Å². The van der Waals surface area contributed by atoms with Crippen molar-refractivity contribution in [3.05, 3.63) is 12.2 Å². The number of carbonyl (C=O) groups excluding carboxylic acids is 1. The molecule has 0 aromatic carbocycles. The fraction of sp³-hybridized carbons (Fsp3) is 0.935. The monoisotopic (exact) mass is 800 g/mol. The summed E-state index contributed by atoms with van der Waals surface area (Å²) in [7, 11) is 0. The summed E-state index contributed by atoms with van der Waals surface area (Å²) in [5, 5.41) is 64.6. The first-order valence-corrected chi connectivity index (χ1v) is 23.4. The zero-order valence-electron chi connectivity index (χ0n) is 36.2. The van der Waals surface area contributed by atoms with Crippen LogP contribution in [0.5, 0.6) is 0 Å². The Labute approximate surface area is 342 Å². The molecule has 1 saturated heterocycles. The highest BCUT2D eigenvalue weighted by molar-refractivity contribution is 5.80. The van der Waals surface area contributed by atoms with Gasteiger partial charge in [-0.15, -0.1) is 0 Å². The lowest BCUT2D eigenvalue weighted by Gasteiger charge is -2.40. The number of ether oxygens (including phenoxy) is 2. The van der Waals surface area contributed by atoms with E-state index >= 15 is 0 Å². The molecular formula is C46H89NO9. The first-order chi connectivity index (χ1) is 27.2. The van der Waals surface area contributed by atoms with Crippen molar-refractivity contribution in [2.75, 3.05) is 13.2 Å². The second-order valence-corrected chi connectivity index (χ2v) is 16.9. The Morgan fingerprint density at radius 2 is 1.12 bits per heavy atom. The van der Waals surface area contributed by atoms with Gasteiger partial charge in [0, 0.05) is 0 Å². The van der Waals surface area contributed by atoms with Crippen LogP contribution in [0.2, 0.25) is 0 Å². The van der Waals surface area contributed by atoms with E-state index in [0.717, 1.165) is 50.9 Å². The van der Waals surface area contributed by atoms with Crippen molar-refractivity contribution in [1.29, 1.82) is 0 Å². The topological polar surface area (TPSA) is 169 Å². The zero-order valence-corrected chi connectivity index (χ0v) is 36.2. The predicted molar refractivity (Wildman–Crippen MR) is 227 cm³/mol. The number of carbonyl (C=O) groups is 1. The van der Waals surface area contributed by atoms with Gasteiger partial charge in [0.2, 0.25) is 5.91 Å². The molecule has 1 fully saturated rings. The van der Waals surface area contributed by atoms with Crippen LogP contribution in [-0.4, -0.2) is 98.7 Å². The van der Waals surface area contributed by atoms with Gasteiger partial charge in [-0.25, -0.2) is 0 Å². The van der Waals surface area contributed by atoms with E-state index in [1.807, 2.05) is 6.08 Å². The Hall–Kier alpha value is -1.11. The van der Waals surface area contributed by atoms with Crippen molar-refractivity contribution in [2.24, 2.45) is 5.92 Å². The molecule has 9 unspecified atom stereocenters. The second kappa shape index (κ2) is 35.8. The van der Waals surface area contributed by atoms with E-state index < -0.39 is 61.5 Å². The van der Waals surface area contributed by atoms with Crippen LogP contribution in [0, 0.1) is 5.92 Å². The van der Waals surface area contributed by atoms with Gasteiger partial charge in [0.25, 0.3) is 0 Å². The summed E-state index contributed by atoms with van der Waals surface area (Å²) >= 11 is 0. The average Bonchev–Trinajstić information content (AvgIpc) is 3.20. The Balaban J connectivity index is 2.37. The van der Waals surface area contributed by atoms with Crippen molar-refractivity contribution >= 4 is 5.91 Å². The largest absolute Gasteiger partial charge is 0.394 e. The van der Waals surface area contributed by atoms with Gasteiger partial charge in [0.15, 0.2) is 6.29 Å². The molecule has 1 aliphatic rings. The molecule has 0 spiro atoms. The molecule has 0 bridgehead atoms. The van der Waals surface area contributed by atoms with E-state index in [1.165, 1.54) is 135 Å². The Kier molecular flexibility index (Phi) is 33.8. The van der Waals surface area contributed by atoms with E-state index in [2.05, 4.69) is 26.1 Å². The third kappa shape index (κ3) is 26.1. The lowest BCUT2D eigenvalue weighted by atomic mass is 9.99. The van der Waals surface area contributed by atoms with Crippen LogP contribution in [0.25, 0.3) is 0 Å². The fourth-order valence-electron chi connectivity index (χ4n) is 7.49. The van der Waals surface area contributed by atoms with E-state index in [0.29, 0.717) is 6.42 Å². The minimum absolute atomic E-state index is 0.303. The summed E-state index contributed by atoms with van der Waals surface area (Å²) < 4.78 is 11.1. The molecule has 0 aliphatic carbocycles. The van der Waals surface area contributed by atoms with Crippen molar-refractivity contribution in [1.82, 2.24) is 5.32 Å². The van der Waals surface area contributed by atoms with E-state index in [-0.39, 0.29) is 6.61 Å². The van der Waals surface area contributed by atoms with Gasteiger partial charge in [-0.1, -0.05) is 200 Å². The summed E-state index contributed by atoms with van der Waals surface area (Å²) in [6, 6.07) is -0.976. The predicted octanol–water partition coefficient (Wildman–Crippen LogP) is 8.55. The molecule has 9 atom stereocenters. The standard InChI is InChI=1S/C46H89NO9/c1-4-6-7-8-9-10-11-12-13-14-15-16-17-18-19-20-25-28-31-34-40(50)45(54)47-38(36-55-46-44(53)43(52)42(51)41(35-48)56-46)39(49)33-30-27-24-22-21-23-26-29-32-37(3)5-2/h30,33,37-44,46,48-53H,4-29,31-32,34-36H2,1-3H3,(H,47,54). The molecule has 7 N–H and O–H groups in total. The first-order valence-electron chi connectivity index (χ1n) is 23.4. The van der Waals surface area contributed by atoms with Crippen LogP contribution >= 0.6 is 0 Å². The van der Waals surface area contributed by atoms with Crippen molar-refractivity contribution in [3.8, 4) is 0 Å². The van der Waals surface area contributed by atoms with Crippen LogP contribution in [-0.2, 0) is 14.3 Å². The molecule has 1 rings (SSSR count). The number of rotatable bonds is 38. The molecule has 0 aromatic heterocycles. The number of allylic oxidation sites excluding steroid dienone is 1. The normalized spacial score (nSPS) is 22.3. The summed E-state index contributed by atoms with van der Waals surface area (Å²) in [5.74, 6) is 0.185. The van der Waals surface area contributed by atoms with Gasteiger partial charge in [0.05, 0.1) is 25.4 Å². The molecule has 1 amide bonds. The van der Waals surface area contributed by atoms with E-state index in [9.17, 15) is 35.4 Å². The number of amides is 1. The molecule has 10 heteroatoms. The summed E-state index contributed by atoms with van der Waals surface area (Å²) in [6.45, 7) is 5.92. The molecule has 0 radical (unpaired) electrons. The van der Waals surface area contributed by atoms with Gasteiger partial charge in [0.1, 0.15) is 30.5 Å². The maximum atomic E-state index is 13.0. The Morgan fingerprint density at radius 3 is 1.61 bits per heavy atom. The first kappa shape index (κ1) is 52.9. The average molecular weight is 800 g/mol. The van der Waals surface area contributed by atoms with E-state index in [1.54, 1.807) is 6.08 Å². The van der Waals surface area contributed by atoms with Crippen molar-refractivity contribution < 1.29 is 44.9 Å². The SMILES string of the molecule is CCCCCCCCCCCCCCCCCCCCCC(O)C(=O)NC(COC1OC(CO)C(O)C(O)C1O)C(O)C=CCCCCCCCCC(C)CC. The van der Waals surface area contributed by atoms with Crippen LogP contribution in [0.4, 0.5) is 0 Å². The molecular weight excluding hydrogens is 711 g/mol. The third-order valence-electron chi connectivity index (χ3n) is 11.8. The number of aliphatic hydroxyl groups is 6. The van der Waals surface area contributed by atoms with Gasteiger partial charge in [-0.05, 0) is 25.2 Å². The fourth-order valence-corrected chi connectivity index (χ4v) is 7.49. The lowest BCUT2D eigenvalue weighted by molar-refractivity contribution is -0.302. The maximum absolute atomic E-state index is 13.0. The van der Waals surface area contributed by atoms with Gasteiger partial charge >= 0.3 is 0 Å². The van der Waals surface area contributed by atoms with Crippen molar-refractivity contribution in [2.45, 2.75) is 256 Å². The minimum Gasteiger partial charge on any atom is -0.394 e. The summed E-state index contributed by atoms with van der Waals surface area (Å²) in [4.78, 5) is 13.0. The number of unbranched alkanes of at least 4 members (excludes halogenated alkanes) is 24. The highest BCUT2D eigenvalue weighted by Gasteiger charge is 2.44. The smallest absolute Gasteiger partial charge is 0.249 e. The number of hydrogen-bond donors (Lipinski definition) is 7. The van der Waals surface area contributed by atoms with Crippen molar-refractivity contribution in [3.63, 3.8) is 0 Å². The molecule has 56 heavy (non-hydrogen) atoms. The number of nitrogens with one attached hydrogen (secondary N) is 1. The summed E-state index contributed by atoms with van der Waals surface area (Å²) in [6.07, 6.45) is 28.8. The maximum Gasteiger partial charge on any atom is 0.249 e. The Bertz CT molecular complexity index is 921. The van der Waals surface area contributed by atoms with Gasteiger partial charge < -0.3 is 45.4 Å². The molecule has 0 saturated carbocycles. The molecule has 0 aromatic rings. The zero-order chi connectivity index (χ0) is 41.2. The molecule has 1 heterocycles. The third-order valence-corrected chi connectivity index (χ3v) is 11.8. The molecule has 332 valence electrons. The molecule has 10 nitrogen and oxygen atoms in total. The second-order valence-electron chi connectivity index (χ2n) is 16.9. The van der Waals surface area contributed by atoms with E-state index in [4.69, 9.17) is 9.47 Å². The summed E-state index contributed by atoms with van der Waals surface area (Å²) in [5.41, 5.74) is 0. The van der Waals surface area contributed by atoms with Crippen LogP contribution < -0.4 is 5.32 Å². The van der Waals surface area contributed by atoms with Crippen LogP contribution in [0.1, 0.15) is 207 Å². The quantitative estimate of drug-likeness (QED) is 0.0239. The highest BCUT2D eigenvalue weighted by atomic mass is 16.7. The Morgan fingerprint density at radius 1 is 0.661 bits per heavy atom. The molecule has 1 aliphatic heterocycles. The number of hydrogen-bond acceptors (Lipinski definition) is 9. The number of aliphatic hydroxyl groups excluding tert-OH is 6. The lowest BCUT2D eigenvalue weighted by Crippen LogP contribution is -2.60. The highest BCUT2D eigenvalue weighted by Crippen LogP contribution is 2.23. The minimum atomic E-state index is -1.61. The van der Waals surface area contributed by atoms with Gasteiger partial charge in [-0.3, -0.25) is 4.79 Å².